The van der Waals surface area contributed by atoms with Crippen LogP contribution >= 0.6 is 11.3 Å². The van der Waals surface area contributed by atoms with E-state index in [1.54, 1.807) is 18.2 Å². The minimum absolute atomic E-state index is 0.0214. The number of aromatic hydroxyl groups is 1. The van der Waals surface area contributed by atoms with Gasteiger partial charge in [-0.1, -0.05) is 12.1 Å². The minimum atomic E-state index is -0.864. The van der Waals surface area contributed by atoms with Crippen LogP contribution in [0.25, 0.3) is 0 Å². The summed E-state index contributed by atoms with van der Waals surface area (Å²) < 4.78 is 10.4. The Hall–Kier alpha value is -3.52. The molecule has 3 heterocycles. The third-order valence-corrected chi connectivity index (χ3v) is 5.58. The Morgan fingerprint density at radius 2 is 2.07 bits per heavy atom. The Labute approximate surface area is 170 Å². The summed E-state index contributed by atoms with van der Waals surface area (Å²) in [6, 6.07) is 10.5. The monoisotopic (exact) mass is 411 g/mol. The van der Waals surface area contributed by atoms with Crippen LogP contribution in [0, 0.1) is 0 Å². The standard InChI is InChI=1S/C21H17NO6S/c1-27-16-10-12(6-7-14(16)23)18-17(19(24)15-5-2-8-28-15)20(25)21(26)22(18)11-13-4-3-9-29-13/h2-10,18,23,25H,11H2,1H3. The molecule has 1 aliphatic rings. The lowest BCUT2D eigenvalue weighted by atomic mass is 9.94. The van der Waals surface area contributed by atoms with Gasteiger partial charge >= 0.3 is 0 Å². The maximum atomic E-state index is 13.0. The maximum Gasteiger partial charge on any atom is 0.290 e. The van der Waals surface area contributed by atoms with Gasteiger partial charge in [-0.05, 0) is 41.3 Å². The van der Waals surface area contributed by atoms with Crippen molar-refractivity contribution < 1.29 is 29.0 Å². The molecule has 8 heteroatoms. The Bertz CT molecular complexity index is 1080. The number of aliphatic hydroxyl groups is 1. The van der Waals surface area contributed by atoms with Crippen molar-refractivity contribution in [2.75, 3.05) is 7.11 Å². The number of carbonyl (C=O) groups is 2. The van der Waals surface area contributed by atoms with Crippen molar-refractivity contribution in [2.24, 2.45) is 0 Å². The van der Waals surface area contributed by atoms with Gasteiger partial charge in [0.2, 0.25) is 5.78 Å². The van der Waals surface area contributed by atoms with Crippen LogP contribution in [-0.4, -0.2) is 33.9 Å². The Balaban J connectivity index is 1.83. The van der Waals surface area contributed by atoms with Gasteiger partial charge in [-0.2, -0.15) is 0 Å². The summed E-state index contributed by atoms with van der Waals surface area (Å²) in [4.78, 5) is 28.2. The third kappa shape index (κ3) is 3.27. The molecule has 1 amide bonds. The zero-order valence-electron chi connectivity index (χ0n) is 15.4. The van der Waals surface area contributed by atoms with Gasteiger partial charge in [0.25, 0.3) is 5.91 Å². The number of Topliss-reactive ketones (excluding diaryl/α,β-unsaturated/α-hetero) is 1. The Morgan fingerprint density at radius 1 is 1.24 bits per heavy atom. The number of amides is 1. The summed E-state index contributed by atoms with van der Waals surface area (Å²) in [5.74, 6) is -1.69. The van der Waals surface area contributed by atoms with Gasteiger partial charge in [0.05, 0.1) is 31.5 Å². The summed E-state index contributed by atoms with van der Waals surface area (Å²) in [7, 11) is 1.41. The van der Waals surface area contributed by atoms with Gasteiger partial charge in [-0.3, -0.25) is 9.59 Å². The highest BCUT2D eigenvalue weighted by molar-refractivity contribution is 7.09. The highest BCUT2D eigenvalue weighted by Gasteiger charge is 2.44. The third-order valence-electron chi connectivity index (χ3n) is 4.72. The van der Waals surface area contributed by atoms with E-state index in [9.17, 15) is 19.8 Å². The van der Waals surface area contributed by atoms with Crippen molar-refractivity contribution in [2.45, 2.75) is 12.6 Å². The van der Waals surface area contributed by atoms with Crippen LogP contribution < -0.4 is 4.74 Å². The molecule has 0 spiro atoms. The molecule has 0 saturated heterocycles. The lowest BCUT2D eigenvalue weighted by molar-refractivity contribution is -0.130. The zero-order valence-corrected chi connectivity index (χ0v) is 16.2. The number of ketones is 1. The number of thiophene rings is 1. The SMILES string of the molecule is COc1cc(C2C(C(=O)c3ccco3)=C(O)C(=O)N2Cc2cccs2)ccc1O. The highest BCUT2D eigenvalue weighted by atomic mass is 32.1. The molecular weight excluding hydrogens is 394 g/mol. The molecular formula is C21H17NO6S. The lowest BCUT2D eigenvalue weighted by Gasteiger charge is -2.26. The summed E-state index contributed by atoms with van der Waals surface area (Å²) in [6.07, 6.45) is 1.35. The maximum absolute atomic E-state index is 13.0. The fourth-order valence-corrected chi connectivity index (χ4v) is 4.07. The van der Waals surface area contributed by atoms with Crippen molar-refractivity contribution >= 4 is 23.0 Å². The largest absolute Gasteiger partial charge is 0.504 e. The molecule has 7 nitrogen and oxygen atoms in total. The van der Waals surface area contributed by atoms with Crippen LogP contribution in [0.2, 0.25) is 0 Å². The first-order chi connectivity index (χ1) is 14.0. The average molecular weight is 411 g/mol. The van der Waals surface area contributed by atoms with E-state index in [0.29, 0.717) is 5.56 Å². The molecule has 1 unspecified atom stereocenters. The first-order valence-corrected chi connectivity index (χ1v) is 9.60. The topological polar surface area (TPSA) is 100 Å². The smallest absolute Gasteiger partial charge is 0.290 e. The summed E-state index contributed by atoms with van der Waals surface area (Å²) in [6.45, 7) is 0.212. The quantitative estimate of drug-likeness (QED) is 0.598. The molecule has 1 aromatic carbocycles. The molecule has 2 aromatic heterocycles. The van der Waals surface area contributed by atoms with Crippen LogP contribution in [0.15, 0.2) is 69.9 Å². The Morgan fingerprint density at radius 3 is 2.72 bits per heavy atom. The fraction of sp³-hybridized carbons (Fsp3) is 0.143. The predicted molar refractivity (Wildman–Crippen MR) is 105 cm³/mol. The number of carbonyl (C=O) groups excluding carboxylic acids is 2. The molecule has 4 rings (SSSR count). The van der Waals surface area contributed by atoms with Crippen molar-refractivity contribution in [3.63, 3.8) is 0 Å². The number of benzene rings is 1. The molecule has 3 aromatic rings. The molecule has 2 N–H and O–H groups in total. The number of hydrogen-bond donors (Lipinski definition) is 2. The van der Waals surface area contributed by atoms with Crippen molar-refractivity contribution in [1.29, 1.82) is 0 Å². The van der Waals surface area contributed by atoms with E-state index in [1.165, 1.54) is 41.7 Å². The number of nitrogens with zero attached hydrogens (tertiary/aromatic N) is 1. The van der Waals surface area contributed by atoms with E-state index in [4.69, 9.17) is 9.15 Å². The second-order valence-corrected chi connectivity index (χ2v) is 7.45. The van der Waals surface area contributed by atoms with E-state index in [2.05, 4.69) is 0 Å². The van der Waals surface area contributed by atoms with Crippen LogP contribution in [0.4, 0.5) is 0 Å². The molecule has 1 aliphatic heterocycles. The fourth-order valence-electron chi connectivity index (χ4n) is 3.37. The zero-order chi connectivity index (χ0) is 20.5. The van der Waals surface area contributed by atoms with Gasteiger partial charge in [-0.15, -0.1) is 11.3 Å². The minimum Gasteiger partial charge on any atom is -0.504 e. The second-order valence-electron chi connectivity index (χ2n) is 6.41. The normalized spacial score (nSPS) is 16.5. The van der Waals surface area contributed by atoms with E-state index in [1.807, 2.05) is 17.5 Å². The molecule has 148 valence electrons. The average Bonchev–Trinajstić information content (AvgIpc) is 3.47. The molecule has 0 bridgehead atoms. The number of ether oxygens (including phenoxy) is 1. The van der Waals surface area contributed by atoms with Gasteiger partial charge in [-0.25, -0.2) is 0 Å². The van der Waals surface area contributed by atoms with Crippen LogP contribution in [0.1, 0.15) is 27.0 Å². The molecule has 29 heavy (non-hydrogen) atoms. The highest BCUT2D eigenvalue weighted by Crippen LogP contribution is 2.42. The first kappa shape index (κ1) is 18.8. The van der Waals surface area contributed by atoms with Gasteiger partial charge in [0.1, 0.15) is 0 Å². The van der Waals surface area contributed by atoms with E-state index in [0.717, 1.165) is 4.88 Å². The number of phenols is 1. The lowest BCUT2D eigenvalue weighted by Crippen LogP contribution is -2.30. The first-order valence-electron chi connectivity index (χ1n) is 8.73. The second kappa shape index (κ2) is 7.48. The van der Waals surface area contributed by atoms with E-state index < -0.39 is 23.5 Å². The van der Waals surface area contributed by atoms with Crippen LogP contribution in [-0.2, 0) is 11.3 Å². The number of furan rings is 1. The number of methoxy groups -OCH3 is 1. The summed E-state index contributed by atoms with van der Waals surface area (Å²) in [5, 5.41) is 22.4. The number of hydrogen-bond acceptors (Lipinski definition) is 7. The van der Waals surface area contributed by atoms with Crippen LogP contribution in [0.3, 0.4) is 0 Å². The predicted octanol–water partition coefficient (Wildman–Crippen LogP) is 3.83. The van der Waals surface area contributed by atoms with E-state index >= 15 is 0 Å². The molecule has 0 fully saturated rings. The molecule has 0 aliphatic carbocycles. The summed E-state index contributed by atoms with van der Waals surface area (Å²) in [5.41, 5.74) is 0.442. The van der Waals surface area contributed by atoms with Crippen molar-refractivity contribution in [1.82, 2.24) is 4.90 Å². The van der Waals surface area contributed by atoms with Crippen molar-refractivity contribution in [3.05, 3.63) is 81.6 Å². The van der Waals surface area contributed by atoms with Crippen LogP contribution in [0.5, 0.6) is 11.5 Å². The Kier molecular flexibility index (Phi) is 4.85. The molecule has 0 saturated carbocycles. The van der Waals surface area contributed by atoms with Gasteiger partial charge in [0, 0.05) is 4.88 Å². The summed E-state index contributed by atoms with van der Waals surface area (Å²) >= 11 is 1.47. The number of phenolic OH excluding ortho intramolecular Hbond substituents is 1. The molecule has 1 atom stereocenters. The van der Waals surface area contributed by atoms with Gasteiger partial charge in [0.15, 0.2) is 23.0 Å². The van der Waals surface area contributed by atoms with Gasteiger partial charge < -0.3 is 24.3 Å². The molecule has 0 radical (unpaired) electrons. The number of aliphatic hydroxyl groups excluding tert-OH is 1. The van der Waals surface area contributed by atoms with Crippen molar-refractivity contribution in [3.8, 4) is 11.5 Å². The van der Waals surface area contributed by atoms with E-state index in [-0.39, 0.29) is 29.4 Å². The number of rotatable bonds is 6.